The van der Waals surface area contributed by atoms with Crippen molar-refractivity contribution < 1.29 is 0 Å². The van der Waals surface area contributed by atoms with Gasteiger partial charge in [-0.15, -0.1) is 0 Å². The molecule has 4 heterocycles. The molecule has 0 bridgehead atoms. The highest BCUT2D eigenvalue weighted by Crippen LogP contribution is 2.52. The number of fused-ring (bicyclic) bond motifs is 12. The zero-order valence-electron chi connectivity index (χ0n) is 48.5. The third kappa shape index (κ3) is 8.13. The van der Waals surface area contributed by atoms with Crippen molar-refractivity contribution in [2.45, 2.75) is 36.8 Å². The quantitative estimate of drug-likeness (QED) is 0.143. The number of aromatic nitrogens is 2. The molecule has 0 fully saturated rings. The van der Waals surface area contributed by atoms with E-state index < -0.39 is 0 Å². The summed E-state index contributed by atoms with van der Waals surface area (Å²) < 4.78 is 4.87. The Labute approximate surface area is 513 Å². The number of benzene rings is 11. The number of para-hydroxylation sites is 5. The third-order valence-electron chi connectivity index (χ3n) is 19.4. The Bertz CT molecular complexity index is 4970. The van der Waals surface area contributed by atoms with E-state index in [2.05, 4.69) is 334 Å². The fourth-order valence-electron chi connectivity index (χ4n) is 15.4. The molecule has 18 rings (SSSR count). The number of anilines is 4. The van der Waals surface area contributed by atoms with Gasteiger partial charge in [0.15, 0.2) is 0 Å². The second-order valence-corrected chi connectivity index (χ2v) is 24.3. The summed E-state index contributed by atoms with van der Waals surface area (Å²) in [4.78, 5) is 5.06. The smallest absolute Gasteiger partial charge is 0.0629 e. The van der Waals surface area contributed by atoms with Gasteiger partial charge in [-0.05, 0) is 231 Å². The molecule has 2 aromatic heterocycles. The molecule has 0 radical (unpaired) electrons. The Morgan fingerprint density at radius 3 is 1.22 bits per heavy atom. The molecular formula is C84H60N4. The zero-order valence-corrected chi connectivity index (χ0v) is 48.5. The first-order valence-corrected chi connectivity index (χ1v) is 31.1. The van der Waals surface area contributed by atoms with Crippen molar-refractivity contribution in [3.8, 4) is 67.0 Å². The molecule has 0 saturated heterocycles. The van der Waals surface area contributed by atoms with Gasteiger partial charge < -0.3 is 18.9 Å². The van der Waals surface area contributed by atoms with Gasteiger partial charge in [-0.25, -0.2) is 0 Å². The van der Waals surface area contributed by atoms with Crippen LogP contribution < -0.4 is 9.80 Å². The van der Waals surface area contributed by atoms with E-state index in [1.54, 1.807) is 0 Å². The van der Waals surface area contributed by atoms with Crippen molar-refractivity contribution in [1.29, 1.82) is 0 Å². The lowest BCUT2D eigenvalue weighted by Gasteiger charge is -2.28. The zero-order chi connectivity index (χ0) is 57.8. The minimum atomic E-state index is 0.197. The monoisotopic (exact) mass is 1120 g/mol. The third-order valence-corrected chi connectivity index (χ3v) is 19.4. The van der Waals surface area contributed by atoms with Crippen molar-refractivity contribution >= 4 is 61.5 Å². The van der Waals surface area contributed by atoms with E-state index in [0.29, 0.717) is 0 Å². The highest BCUT2D eigenvalue weighted by molar-refractivity contribution is 6.11. The molecule has 0 spiro atoms. The summed E-state index contributed by atoms with van der Waals surface area (Å²) in [5.41, 5.74) is 28.2. The molecule has 13 aromatic rings. The van der Waals surface area contributed by atoms with Crippen LogP contribution in [0.25, 0.3) is 106 Å². The van der Waals surface area contributed by atoms with Crippen molar-refractivity contribution in [3.05, 3.63) is 332 Å². The highest BCUT2D eigenvalue weighted by atomic mass is 15.2. The Kier molecular flexibility index (Phi) is 11.7. The maximum absolute atomic E-state index is 2.53. The van der Waals surface area contributed by atoms with Crippen molar-refractivity contribution in [1.82, 2.24) is 9.13 Å². The average molecular weight is 1130 g/mol. The molecule has 0 saturated carbocycles. The lowest BCUT2D eigenvalue weighted by molar-refractivity contribution is 0.745. The minimum Gasteiger partial charge on any atom is -0.333 e. The molecule has 4 heteroatoms. The molecule has 4 nitrogen and oxygen atoms in total. The van der Waals surface area contributed by atoms with Gasteiger partial charge in [0.25, 0.3) is 0 Å². The van der Waals surface area contributed by atoms with Gasteiger partial charge in [0.2, 0.25) is 0 Å². The molecular weight excluding hydrogens is 1060 g/mol. The first-order chi connectivity index (χ1) is 43.6. The SMILES string of the molecule is C1=CC2c3cc(-c4cc(-c5cc(-c6ccc7c(c6)c6c(n7-c7ccccc7)C=CCC6)cc(-c6ccc7c(c6)c6ccccc6n7-c6ccccc6)c5)cc(-c5ccc6c(c5)C5C=CC=CC5N6c5ccccc5)c4)ccc3N(c3ccccc3)C2C=C1. The summed E-state index contributed by atoms with van der Waals surface area (Å²) in [6, 6.07) is 96.2. The minimum absolute atomic E-state index is 0.197. The fraction of sp³-hybridized carbons (Fsp3) is 0.0714. The topological polar surface area (TPSA) is 16.3 Å². The van der Waals surface area contributed by atoms with E-state index in [0.717, 1.165) is 18.5 Å². The summed E-state index contributed by atoms with van der Waals surface area (Å²) in [6.45, 7) is 0. The molecule has 3 aliphatic carbocycles. The number of aryl methyl sites for hydroxylation is 1. The predicted molar refractivity (Wildman–Crippen MR) is 369 cm³/mol. The maximum Gasteiger partial charge on any atom is 0.0629 e. The summed E-state index contributed by atoms with van der Waals surface area (Å²) in [5.74, 6) is 0.443. The normalized spacial score (nSPS) is 17.6. The Hall–Kier alpha value is -10.9. The van der Waals surface area contributed by atoms with E-state index in [-0.39, 0.29) is 23.9 Å². The van der Waals surface area contributed by atoms with Crippen molar-refractivity contribution in [3.63, 3.8) is 0 Å². The van der Waals surface area contributed by atoms with Gasteiger partial charge in [0, 0.05) is 67.8 Å². The molecule has 2 aliphatic heterocycles. The first kappa shape index (κ1) is 50.4. The Balaban J connectivity index is 0.854. The second-order valence-electron chi connectivity index (χ2n) is 24.3. The second kappa shape index (κ2) is 20.4. The first-order valence-electron chi connectivity index (χ1n) is 31.1. The van der Waals surface area contributed by atoms with Gasteiger partial charge in [-0.2, -0.15) is 0 Å². The van der Waals surface area contributed by atoms with Crippen LogP contribution in [0.4, 0.5) is 22.7 Å². The highest BCUT2D eigenvalue weighted by Gasteiger charge is 2.39. The van der Waals surface area contributed by atoms with E-state index >= 15 is 0 Å². The number of hydrogen-bond donors (Lipinski definition) is 0. The van der Waals surface area contributed by atoms with Crippen LogP contribution >= 0.6 is 0 Å². The summed E-state index contributed by atoms with van der Waals surface area (Å²) in [6.07, 6.45) is 25.1. The number of nitrogens with zero attached hydrogens (tertiary/aromatic N) is 4. The van der Waals surface area contributed by atoms with Gasteiger partial charge in [0.1, 0.15) is 0 Å². The van der Waals surface area contributed by atoms with Gasteiger partial charge in [0.05, 0.1) is 28.6 Å². The van der Waals surface area contributed by atoms with E-state index in [1.165, 1.54) is 139 Å². The van der Waals surface area contributed by atoms with Crippen LogP contribution in [0.5, 0.6) is 0 Å². The average Bonchev–Trinajstić information content (AvgIpc) is 1.89. The number of hydrogen-bond acceptors (Lipinski definition) is 2. The molecule has 0 amide bonds. The molecule has 88 heavy (non-hydrogen) atoms. The molecule has 11 aromatic carbocycles. The molecule has 4 unspecified atom stereocenters. The van der Waals surface area contributed by atoms with Gasteiger partial charge in [-0.1, -0.05) is 170 Å². The van der Waals surface area contributed by atoms with Crippen LogP contribution in [0.2, 0.25) is 0 Å². The predicted octanol–water partition coefficient (Wildman–Crippen LogP) is 21.5. The molecule has 4 atom stereocenters. The van der Waals surface area contributed by atoms with Crippen LogP contribution in [0.15, 0.2) is 309 Å². The van der Waals surface area contributed by atoms with Crippen LogP contribution in [0, 0.1) is 0 Å². The lowest BCUT2D eigenvalue weighted by atomic mass is 9.86. The number of rotatable bonds is 9. The van der Waals surface area contributed by atoms with Gasteiger partial charge >= 0.3 is 0 Å². The van der Waals surface area contributed by atoms with Crippen LogP contribution in [0.1, 0.15) is 40.6 Å². The summed E-state index contributed by atoms with van der Waals surface area (Å²) >= 11 is 0. The molecule has 5 aliphatic rings. The Morgan fingerprint density at radius 1 is 0.295 bits per heavy atom. The van der Waals surface area contributed by atoms with Crippen LogP contribution in [0.3, 0.4) is 0 Å². The summed E-state index contributed by atoms with van der Waals surface area (Å²) in [5, 5.41) is 3.79. The largest absolute Gasteiger partial charge is 0.333 e. The van der Waals surface area contributed by atoms with E-state index in [1.807, 2.05) is 0 Å². The van der Waals surface area contributed by atoms with Crippen LogP contribution in [-0.2, 0) is 6.42 Å². The van der Waals surface area contributed by atoms with Crippen molar-refractivity contribution in [2.24, 2.45) is 0 Å². The molecule has 416 valence electrons. The lowest BCUT2D eigenvalue weighted by Crippen LogP contribution is -2.28. The summed E-state index contributed by atoms with van der Waals surface area (Å²) in [7, 11) is 0. The van der Waals surface area contributed by atoms with Crippen molar-refractivity contribution in [2.75, 3.05) is 9.80 Å². The molecule has 0 N–H and O–H groups in total. The Morgan fingerprint density at radius 2 is 0.693 bits per heavy atom. The van der Waals surface area contributed by atoms with E-state index in [4.69, 9.17) is 0 Å². The maximum atomic E-state index is 2.53. The standard InChI is InChI=1S/C84H60N4/c1-5-21-65(22-6-1)85-77-33-17-13-29-69(77)73-51-55(37-41-81(73)85)59-45-60(56-38-42-82-74(52-56)70-30-14-18-34-78(70)86(82)66-23-7-2-8-24-66)48-63(47-59)64-49-61(57-39-43-83-75(53-57)71-31-15-19-35-79(71)87(83)67-25-9-3-10-26-67)46-62(50-64)58-40-44-84-76(54-58)72-32-16-20-36-80(72)88(84)68-27-11-4-12-28-68/h1-15,17-31,33-54,69-70,77-78H,16,32H2. The van der Waals surface area contributed by atoms with Crippen LogP contribution in [-0.4, -0.2) is 21.2 Å². The van der Waals surface area contributed by atoms with Gasteiger partial charge in [-0.3, -0.25) is 0 Å². The van der Waals surface area contributed by atoms with E-state index in [9.17, 15) is 0 Å². The fourth-order valence-corrected chi connectivity index (χ4v) is 15.4. The number of allylic oxidation sites excluding steroid dienone is 5.